The Morgan fingerprint density at radius 2 is 2.17 bits per heavy atom. The fourth-order valence-electron chi connectivity index (χ4n) is 2.16. The molecule has 0 bridgehead atoms. The van der Waals surface area contributed by atoms with E-state index in [1.165, 1.54) is 0 Å². The number of halogens is 1. The minimum absolute atomic E-state index is 0.00389. The van der Waals surface area contributed by atoms with Crippen LogP contribution in [-0.4, -0.2) is 18.7 Å². The average molecular weight is 310 g/mol. The molecule has 2 heterocycles. The first-order valence-corrected chi connectivity index (χ1v) is 6.88. The van der Waals surface area contributed by atoms with Crippen molar-refractivity contribution in [3.05, 3.63) is 34.5 Å². The molecule has 4 heteroatoms. The molecule has 18 heavy (non-hydrogen) atoms. The number of rotatable bonds is 1. The molecule has 0 spiro atoms. The van der Waals surface area contributed by atoms with Crippen molar-refractivity contribution < 1.29 is 9.15 Å². The Labute approximate surface area is 115 Å². The summed E-state index contributed by atoms with van der Waals surface area (Å²) in [6.45, 7) is 5.75. The van der Waals surface area contributed by atoms with Crippen LogP contribution in [0.5, 0.6) is 0 Å². The van der Waals surface area contributed by atoms with Gasteiger partial charge in [-0.05, 0) is 38.1 Å². The van der Waals surface area contributed by atoms with Crippen molar-refractivity contribution in [2.24, 2.45) is 0 Å². The SMILES string of the molecule is CC1(C)COC(c2cc3cc(Br)ccc3o2)CN1. The summed E-state index contributed by atoms with van der Waals surface area (Å²) in [5.41, 5.74) is 0.951. The van der Waals surface area contributed by atoms with Gasteiger partial charge >= 0.3 is 0 Å². The number of benzene rings is 1. The Kier molecular flexibility index (Phi) is 2.96. The van der Waals surface area contributed by atoms with Gasteiger partial charge in [-0.2, -0.15) is 0 Å². The molecule has 1 aliphatic heterocycles. The highest BCUT2D eigenvalue weighted by molar-refractivity contribution is 9.10. The van der Waals surface area contributed by atoms with Crippen LogP contribution in [0.1, 0.15) is 25.7 Å². The first-order valence-electron chi connectivity index (χ1n) is 6.09. The van der Waals surface area contributed by atoms with Crippen molar-refractivity contribution in [2.45, 2.75) is 25.5 Å². The van der Waals surface area contributed by atoms with E-state index in [0.717, 1.165) is 27.7 Å². The van der Waals surface area contributed by atoms with Crippen LogP contribution in [-0.2, 0) is 4.74 Å². The second kappa shape index (κ2) is 4.37. The maximum atomic E-state index is 5.87. The zero-order valence-electron chi connectivity index (χ0n) is 10.5. The van der Waals surface area contributed by atoms with Crippen molar-refractivity contribution in [1.29, 1.82) is 0 Å². The van der Waals surface area contributed by atoms with Crippen LogP contribution >= 0.6 is 15.9 Å². The van der Waals surface area contributed by atoms with Gasteiger partial charge in [0, 0.05) is 21.9 Å². The summed E-state index contributed by atoms with van der Waals surface area (Å²) in [7, 11) is 0. The first-order chi connectivity index (χ1) is 8.53. The van der Waals surface area contributed by atoms with E-state index in [9.17, 15) is 0 Å². The second-order valence-corrected chi connectivity index (χ2v) is 6.31. The van der Waals surface area contributed by atoms with E-state index >= 15 is 0 Å². The number of morpholine rings is 1. The van der Waals surface area contributed by atoms with Crippen LogP contribution in [0.2, 0.25) is 0 Å². The van der Waals surface area contributed by atoms with Gasteiger partial charge in [-0.25, -0.2) is 0 Å². The Bertz CT molecular complexity index is 566. The van der Waals surface area contributed by atoms with Crippen molar-refractivity contribution in [1.82, 2.24) is 5.32 Å². The largest absolute Gasteiger partial charge is 0.458 e. The minimum atomic E-state index is 0.00389. The van der Waals surface area contributed by atoms with Gasteiger partial charge in [-0.1, -0.05) is 15.9 Å². The van der Waals surface area contributed by atoms with Crippen LogP contribution in [0.3, 0.4) is 0 Å². The highest BCUT2D eigenvalue weighted by Gasteiger charge is 2.29. The van der Waals surface area contributed by atoms with Crippen LogP contribution < -0.4 is 5.32 Å². The second-order valence-electron chi connectivity index (χ2n) is 5.40. The summed E-state index contributed by atoms with van der Waals surface area (Å²) in [4.78, 5) is 0. The number of fused-ring (bicyclic) bond motifs is 1. The zero-order valence-corrected chi connectivity index (χ0v) is 12.1. The molecule has 1 fully saturated rings. The molecule has 0 radical (unpaired) electrons. The summed E-state index contributed by atoms with van der Waals surface area (Å²) in [5, 5.41) is 4.57. The lowest BCUT2D eigenvalue weighted by Gasteiger charge is -2.35. The molecule has 1 aromatic heterocycles. The molecule has 0 amide bonds. The van der Waals surface area contributed by atoms with E-state index in [1.54, 1.807) is 0 Å². The van der Waals surface area contributed by atoms with E-state index < -0.39 is 0 Å². The molecule has 3 rings (SSSR count). The average Bonchev–Trinajstić information content (AvgIpc) is 2.71. The number of hydrogen-bond acceptors (Lipinski definition) is 3. The Balaban J connectivity index is 1.87. The topological polar surface area (TPSA) is 34.4 Å². The van der Waals surface area contributed by atoms with Gasteiger partial charge in [0.2, 0.25) is 0 Å². The summed E-state index contributed by atoms with van der Waals surface area (Å²) in [6.07, 6.45) is 0.00389. The van der Waals surface area contributed by atoms with E-state index in [2.05, 4.69) is 47.2 Å². The van der Waals surface area contributed by atoms with E-state index in [1.807, 2.05) is 12.1 Å². The van der Waals surface area contributed by atoms with Crippen molar-refractivity contribution in [2.75, 3.05) is 13.2 Å². The normalized spacial score (nSPS) is 23.4. The van der Waals surface area contributed by atoms with E-state index in [-0.39, 0.29) is 11.6 Å². The van der Waals surface area contributed by atoms with E-state index in [4.69, 9.17) is 9.15 Å². The fraction of sp³-hybridized carbons (Fsp3) is 0.429. The molecule has 0 aliphatic carbocycles. The Hall–Kier alpha value is -0.840. The Morgan fingerprint density at radius 3 is 2.89 bits per heavy atom. The molecule has 1 atom stereocenters. The summed E-state index contributed by atoms with van der Waals surface area (Å²) in [6, 6.07) is 8.08. The highest BCUT2D eigenvalue weighted by Crippen LogP contribution is 2.30. The molecule has 3 nitrogen and oxygen atoms in total. The van der Waals surface area contributed by atoms with Crippen molar-refractivity contribution >= 4 is 26.9 Å². The van der Waals surface area contributed by atoms with Crippen LogP contribution in [0.4, 0.5) is 0 Å². The molecule has 1 aromatic carbocycles. The Morgan fingerprint density at radius 1 is 1.33 bits per heavy atom. The van der Waals surface area contributed by atoms with Crippen molar-refractivity contribution in [3.8, 4) is 0 Å². The monoisotopic (exact) mass is 309 g/mol. The third kappa shape index (κ3) is 2.32. The third-order valence-electron chi connectivity index (χ3n) is 3.23. The lowest BCUT2D eigenvalue weighted by molar-refractivity contribution is -0.0322. The molecule has 2 aromatic rings. The molecule has 0 saturated carbocycles. The fourth-order valence-corrected chi connectivity index (χ4v) is 2.54. The quantitative estimate of drug-likeness (QED) is 0.873. The lowest BCUT2D eigenvalue weighted by atomic mass is 10.0. The standard InChI is InChI=1S/C14H16BrNO2/c1-14(2)8-17-13(7-16-14)12-6-9-5-10(15)3-4-11(9)18-12/h3-6,13,16H,7-8H2,1-2H3. The van der Waals surface area contributed by atoms with Gasteiger partial charge in [0.05, 0.1) is 6.61 Å². The number of hydrogen-bond donors (Lipinski definition) is 1. The van der Waals surface area contributed by atoms with Gasteiger partial charge in [-0.3, -0.25) is 0 Å². The predicted octanol–water partition coefficient (Wildman–Crippen LogP) is 3.63. The van der Waals surface area contributed by atoms with Gasteiger partial charge in [-0.15, -0.1) is 0 Å². The summed E-state index contributed by atoms with van der Waals surface area (Å²) in [5.74, 6) is 0.895. The molecule has 1 saturated heterocycles. The molecule has 1 unspecified atom stereocenters. The van der Waals surface area contributed by atoms with E-state index in [0.29, 0.717) is 6.61 Å². The number of ether oxygens (including phenoxy) is 1. The molecule has 1 N–H and O–H groups in total. The highest BCUT2D eigenvalue weighted by atomic mass is 79.9. The smallest absolute Gasteiger partial charge is 0.135 e. The molecular formula is C14H16BrNO2. The predicted molar refractivity (Wildman–Crippen MR) is 74.7 cm³/mol. The minimum Gasteiger partial charge on any atom is -0.458 e. The van der Waals surface area contributed by atoms with Crippen LogP contribution in [0.15, 0.2) is 33.2 Å². The van der Waals surface area contributed by atoms with Crippen molar-refractivity contribution in [3.63, 3.8) is 0 Å². The summed E-state index contributed by atoms with van der Waals surface area (Å²) >= 11 is 3.47. The van der Waals surface area contributed by atoms with Crippen LogP contribution in [0, 0.1) is 0 Å². The molecule has 1 aliphatic rings. The molecule has 96 valence electrons. The van der Waals surface area contributed by atoms with Gasteiger partial charge in [0.15, 0.2) is 0 Å². The van der Waals surface area contributed by atoms with Gasteiger partial charge in [0.1, 0.15) is 17.4 Å². The maximum Gasteiger partial charge on any atom is 0.135 e. The van der Waals surface area contributed by atoms with Gasteiger partial charge in [0.25, 0.3) is 0 Å². The number of nitrogens with one attached hydrogen (secondary N) is 1. The lowest BCUT2D eigenvalue weighted by Crippen LogP contribution is -2.50. The van der Waals surface area contributed by atoms with Gasteiger partial charge < -0.3 is 14.5 Å². The number of furan rings is 1. The van der Waals surface area contributed by atoms with Crippen LogP contribution in [0.25, 0.3) is 11.0 Å². The zero-order chi connectivity index (χ0) is 12.8. The third-order valence-corrected chi connectivity index (χ3v) is 3.72. The summed E-state index contributed by atoms with van der Waals surface area (Å²) < 4.78 is 12.8. The maximum absolute atomic E-state index is 5.87. The molecular weight excluding hydrogens is 294 g/mol. The first kappa shape index (κ1) is 12.2.